The highest BCUT2D eigenvalue weighted by Gasteiger charge is 2.37. The second-order valence-electron chi connectivity index (χ2n) is 6.85. The van der Waals surface area contributed by atoms with E-state index in [0.717, 1.165) is 12.8 Å². The number of carboxylic acid groups (broad SMARTS) is 1. The maximum Gasteiger partial charge on any atom is 0.305 e. The van der Waals surface area contributed by atoms with Gasteiger partial charge in [-0.25, -0.2) is 0 Å². The van der Waals surface area contributed by atoms with E-state index in [1.54, 1.807) is 13.8 Å². The molecule has 0 saturated heterocycles. The number of nitrogens with two attached hydrogens (primary N) is 1. The fourth-order valence-electron chi connectivity index (χ4n) is 2.80. The number of hydrogen-bond acceptors (Lipinski definition) is 4. The van der Waals surface area contributed by atoms with Gasteiger partial charge in [-0.2, -0.15) is 0 Å². The summed E-state index contributed by atoms with van der Waals surface area (Å²) in [6.45, 7) is 7.36. The number of carbonyl (C=O) groups is 3. The molecule has 1 saturated carbocycles. The Labute approximate surface area is 131 Å². The van der Waals surface area contributed by atoms with Gasteiger partial charge in [0.1, 0.15) is 5.54 Å². The van der Waals surface area contributed by atoms with E-state index in [1.165, 1.54) is 0 Å². The lowest BCUT2D eigenvalue weighted by molar-refractivity contribution is -0.140. The van der Waals surface area contributed by atoms with Crippen LogP contribution in [0.1, 0.15) is 47.0 Å². The molecule has 7 nitrogen and oxygen atoms in total. The van der Waals surface area contributed by atoms with Crippen molar-refractivity contribution in [3.05, 3.63) is 0 Å². The van der Waals surface area contributed by atoms with Crippen molar-refractivity contribution in [2.45, 2.75) is 64.6 Å². The van der Waals surface area contributed by atoms with Gasteiger partial charge < -0.3 is 21.5 Å². The van der Waals surface area contributed by atoms with Gasteiger partial charge in [0.15, 0.2) is 0 Å². The smallest absolute Gasteiger partial charge is 0.305 e. The molecule has 1 rings (SSSR count). The van der Waals surface area contributed by atoms with Gasteiger partial charge in [0.05, 0.1) is 12.5 Å². The summed E-state index contributed by atoms with van der Waals surface area (Å²) >= 11 is 0. The summed E-state index contributed by atoms with van der Waals surface area (Å²) in [5.41, 5.74) is 4.36. The van der Waals surface area contributed by atoms with Crippen molar-refractivity contribution in [2.24, 2.45) is 17.6 Å². The lowest BCUT2D eigenvalue weighted by Crippen LogP contribution is -2.60. The summed E-state index contributed by atoms with van der Waals surface area (Å²) in [4.78, 5) is 34.9. The maximum atomic E-state index is 12.4. The molecule has 5 N–H and O–H groups in total. The zero-order valence-electron chi connectivity index (χ0n) is 13.7. The Balaban J connectivity index is 2.62. The molecule has 126 valence electrons. The average Bonchev–Trinajstić information content (AvgIpc) is 2.69. The third kappa shape index (κ3) is 4.69. The first-order chi connectivity index (χ1) is 10.0. The number of nitrogens with one attached hydrogen (secondary N) is 2. The molecule has 0 aromatic carbocycles. The lowest BCUT2D eigenvalue weighted by atomic mass is 9.97. The van der Waals surface area contributed by atoms with Gasteiger partial charge in [0.25, 0.3) is 0 Å². The highest BCUT2D eigenvalue weighted by Crippen LogP contribution is 2.30. The standard InChI is InChI=1S/C15H27N3O4/c1-8-5-6-9(2)12(8)17-14(22)15(3,4)18-13(21)10(16)7-11(19)20/h8-10,12H,5-7,16H2,1-4H3,(H,17,22)(H,18,21)(H,19,20)/t8?,9?,10-,12?/m0/s1. The molecule has 0 bridgehead atoms. The molecule has 22 heavy (non-hydrogen) atoms. The van der Waals surface area contributed by atoms with E-state index >= 15 is 0 Å². The Morgan fingerprint density at radius 2 is 1.73 bits per heavy atom. The summed E-state index contributed by atoms with van der Waals surface area (Å²) in [5, 5.41) is 14.2. The van der Waals surface area contributed by atoms with E-state index in [-0.39, 0.29) is 11.9 Å². The molecule has 0 spiro atoms. The Kier molecular flexibility index (Phi) is 5.93. The molecule has 1 fully saturated rings. The van der Waals surface area contributed by atoms with Gasteiger partial charge in [0.2, 0.25) is 11.8 Å². The van der Waals surface area contributed by atoms with Crippen LogP contribution in [0.3, 0.4) is 0 Å². The van der Waals surface area contributed by atoms with Crippen LogP contribution in [0.5, 0.6) is 0 Å². The van der Waals surface area contributed by atoms with Gasteiger partial charge in [-0.3, -0.25) is 14.4 Å². The molecule has 0 radical (unpaired) electrons. The zero-order chi connectivity index (χ0) is 17.1. The predicted octanol–water partition coefficient (Wildman–Crippen LogP) is 0.234. The SMILES string of the molecule is CC1CCC(C)C1NC(=O)C(C)(C)NC(=O)[C@@H](N)CC(=O)O. The van der Waals surface area contributed by atoms with Crippen LogP contribution in [-0.4, -0.2) is 40.5 Å². The molecule has 3 atom stereocenters. The summed E-state index contributed by atoms with van der Waals surface area (Å²) < 4.78 is 0. The van der Waals surface area contributed by atoms with E-state index in [4.69, 9.17) is 10.8 Å². The van der Waals surface area contributed by atoms with Crippen molar-refractivity contribution in [1.29, 1.82) is 0 Å². The van der Waals surface area contributed by atoms with Crippen LogP contribution in [0, 0.1) is 11.8 Å². The van der Waals surface area contributed by atoms with Gasteiger partial charge in [-0.1, -0.05) is 13.8 Å². The Morgan fingerprint density at radius 3 is 2.18 bits per heavy atom. The number of amides is 2. The van der Waals surface area contributed by atoms with Crippen LogP contribution in [0.15, 0.2) is 0 Å². The number of carboxylic acids is 1. The largest absolute Gasteiger partial charge is 0.481 e. The second-order valence-corrected chi connectivity index (χ2v) is 6.85. The molecular formula is C15H27N3O4. The molecule has 1 aliphatic rings. The first-order valence-electron chi connectivity index (χ1n) is 7.65. The minimum Gasteiger partial charge on any atom is -0.481 e. The normalized spacial score (nSPS) is 26.3. The highest BCUT2D eigenvalue weighted by molar-refractivity contribution is 5.93. The van der Waals surface area contributed by atoms with Crippen molar-refractivity contribution in [3.8, 4) is 0 Å². The fourth-order valence-corrected chi connectivity index (χ4v) is 2.80. The minimum absolute atomic E-state index is 0.0939. The number of carbonyl (C=O) groups excluding carboxylic acids is 2. The predicted molar refractivity (Wildman–Crippen MR) is 81.9 cm³/mol. The van der Waals surface area contributed by atoms with Crippen molar-refractivity contribution >= 4 is 17.8 Å². The highest BCUT2D eigenvalue weighted by atomic mass is 16.4. The van der Waals surface area contributed by atoms with Gasteiger partial charge in [0, 0.05) is 6.04 Å². The average molecular weight is 313 g/mol. The van der Waals surface area contributed by atoms with E-state index in [9.17, 15) is 14.4 Å². The molecule has 7 heteroatoms. The molecule has 1 aliphatic carbocycles. The quantitative estimate of drug-likeness (QED) is 0.559. The molecule has 0 heterocycles. The van der Waals surface area contributed by atoms with Gasteiger partial charge in [-0.05, 0) is 38.5 Å². The molecular weight excluding hydrogens is 286 g/mol. The zero-order valence-corrected chi connectivity index (χ0v) is 13.7. The third-order valence-electron chi connectivity index (χ3n) is 4.34. The Bertz CT molecular complexity index is 440. The van der Waals surface area contributed by atoms with Crippen LogP contribution >= 0.6 is 0 Å². The summed E-state index contributed by atoms with van der Waals surface area (Å²) in [5.74, 6) is -1.28. The Morgan fingerprint density at radius 1 is 1.23 bits per heavy atom. The molecule has 0 aromatic rings. The van der Waals surface area contributed by atoms with Crippen molar-refractivity contribution in [3.63, 3.8) is 0 Å². The minimum atomic E-state index is -1.17. The molecule has 2 unspecified atom stereocenters. The van der Waals surface area contributed by atoms with E-state index in [2.05, 4.69) is 24.5 Å². The van der Waals surface area contributed by atoms with E-state index < -0.39 is 29.9 Å². The first kappa shape index (κ1) is 18.4. The van der Waals surface area contributed by atoms with E-state index in [1.807, 2.05) is 0 Å². The van der Waals surface area contributed by atoms with Crippen molar-refractivity contribution in [2.75, 3.05) is 0 Å². The maximum absolute atomic E-state index is 12.4. The Hall–Kier alpha value is -1.63. The lowest BCUT2D eigenvalue weighted by Gasteiger charge is -2.30. The van der Waals surface area contributed by atoms with Crippen LogP contribution in [0.2, 0.25) is 0 Å². The van der Waals surface area contributed by atoms with Gasteiger partial charge >= 0.3 is 5.97 Å². The molecule has 2 amide bonds. The summed E-state index contributed by atoms with van der Waals surface area (Å²) in [6.07, 6.45) is 1.67. The van der Waals surface area contributed by atoms with E-state index in [0.29, 0.717) is 11.8 Å². The van der Waals surface area contributed by atoms with Crippen LogP contribution in [0.4, 0.5) is 0 Å². The van der Waals surface area contributed by atoms with Crippen molar-refractivity contribution < 1.29 is 19.5 Å². The summed E-state index contributed by atoms with van der Waals surface area (Å²) in [7, 11) is 0. The monoisotopic (exact) mass is 313 g/mol. The topological polar surface area (TPSA) is 122 Å². The third-order valence-corrected chi connectivity index (χ3v) is 4.34. The van der Waals surface area contributed by atoms with Crippen molar-refractivity contribution in [1.82, 2.24) is 10.6 Å². The number of aliphatic carboxylic acids is 1. The molecule has 0 aromatic heterocycles. The first-order valence-corrected chi connectivity index (χ1v) is 7.65. The van der Waals surface area contributed by atoms with Crippen LogP contribution in [-0.2, 0) is 14.4 Å². The second kappa shape index (κ2) is 7.09. The van der Waals surface area contributed by atoms with Crippen LogP contribution in [0.25, 0.3) is 0 Å². The number of rotatable bonds is 6. The van der Waals surface area contributed by atoms with Gasteiger partial charge in [-0.15, -0.1) is 0 Å². The fraction of sp³-hybridized carbons (Fsp3) is 0.800. The molecule has 0 aliphatic heterocycles. The summed E-state index contributed by atoms with van der Waals surface area (Å²) in [6, 6.07) is -1.08. The van der Waals surface area contributed by atoms with Crippen LogP contribution < -0.4 is 16.4 Å². The number of hydrogen-bond donors (Lipinski definition) is 4.